The second-order valence-corrected chi connectivity index (χ2v) is 1.45. The Balaban J connectivity index is 0. The summed E-state index contributed by atoms with van der Waals surface area (Å²) in [5, 5.41) is 8.30. The molecule has 1 amide bonds. The zero-order chi connectivity index (χ0) is 6.57. The van der Waals surface area contributed by atoms with Crippen LogP contribution in [0, 0.1) is 0 Å². The maximum Gasteiger partial charge on any atom is 0.407 e. The molecule has 0 fully saturated rings. The number of carbonyl (C=O) groups is 1. The molecule has 0 aliphatic heterocycles. The quantitative estimate of drug-likeness (QED) is 0.571. The van der Waals surface area contributed by atoms with Gasteiger partial charge >= 0.3 is 6.09 Å². The van der Waals surface area contributed by atoms with Crippen LogP contribution in [0.2, 0.25) is 0 Å². The van der Waals surface area contributed by atoms with Crippen molar-refractivity contribution < 1.29 is 9.90 Å². The van der Waals surface area contributed by atoms with Crippen molar-refractivity contribution in [1.82, 2.24) is 4.90 Å². The third kappa shape index (κ3) is 4.75. The minimum Gasteiger partial charge on any atom is -0.465 e. The molecule has 1 N–H and O–H groups in total. The van der Waals surface area contributed by atoms with E-state index in [9.17, 15) is 4.79 Å². The molecular formula is C5H11NNaO2. The molecule has 0 atom stereocenters. The number of hydrogen-bond donors (Lipinski definition) is 1. The molecule has 0 aromatic rings. The van der Waals surface area contributed by atoms with E-state index in [1.807, 2.05) is 13.8 Å². The summed E-state index contributed by atoms with van der Waals surface area (Å²) in [6.45, 7) is 4.78. The first-order valence-corrected chi connectivity index (χ1v) is 2.70. The molecule has 9 heavy (non-hydrogen) atoms. The molecule has 0 aliphatic carbocycles. The summed E-state index contributed by atoms with van der Waals surface area (Å²) in [7, 11) is 0. The average Bonchev–Trinajstić information content (AvgIpc) is 1.69. The molecule has 0 bridgehead atoms. The van der Waals surface area contributed by atoms with Crippen LogP contribution >= 0.6 is 0 Å². The predicted octanol–water partition coefficient (Wildman–Crippen LogP) is 0.625. The van der Waals surface area contributed by atoms with Gasteiger partial charge in [-0.1, -0.05) is 0 Å². The SMILES string of the molecule is CCN(CC)C(=O)O.[Na]. The smallest absolute Gasteiger partial charge is 0.407 e. The van der Waals surface area contributed by atoms with Crippen LogP contribution in [0.25, 0.3) is 0 Å². The van der Waals surface area contributed by atoms with Gasteiger partial charge in [0.2, 0.25) is 0 Å². The van der Waals surface area contributed by atoms with E-state index in [2.05, 4.69) is 0 Å². The third-order valence-corrected chi connectivity index (χ3v) is 1.03. The summed E-state index contributed by atoms with van der Waals surface area (Å²) in [5.74, 6) is 0. The van der Waals surface area contributed by atoms with Gasteiger partial charge in [0.05, 0.1) is 0 Å². The zero-order valence-electron chi connectivity index (χ0n) is 6.22. The summed E-state index contributed by atoms with van der Waals surface area (Å²) in [6, 6.07) is 0. The minimum atomic E-state index is -0.838. The molecule has 0 aromatic heterocycles. The molecule has 0 saturated carbocycles. The van der Waals surface area contributed by atoms with E-state index in [1.54, 1.807) is 0 Å². The molecule has 3 nitrogen and oxygen atoms in total. The second kappa shape index (κ2) is 6.39. The second-order valence-electron chi connectivity index (χ2n) is 1.45. The van der Waals surface area contributed by atoms with Gasteiger partial charge in [0.15, 0.2) is 0 Å². The van der Waals surface area contributed by atoms with Gasteiger partial charge in [0.1, 0.15) is 0 Å². The van der Waals surface area contributed by atoms with Gasteiger partial charge in [0, 0.05) is 42.6 Å². The fourth-order valence-electron chi connectivity index (χ4n) is 0.494. The number of carboxylic acid groups (broad SMARTS) is 1. The van der Waals surface area contributed by atoms with Crippen molar-refractivity contribution in [1.29, 1.82) is 0 Å². The molecule has 0 heterocycles. The van der Waals surface area contributed by atoms with E-state index in [-0.39, 0.29) is 29.6 Å². The molecule has 0 saturated heterocycles. The molecule has 0 spiro atoms. The summed E-state index contributed by atoms with van der Waals surface area (Å²) < 4.78 is 0. The fraction of sp³-hybridized carbons (Fsp3) is 0.800. The number of rotatable bonds is 2. The van der Waals surface area contributed by atoms with Crippen LogP contribution in [0.4, 0.5) is 4.79 Å². The van der Waals surface area contributed by atoms with Crippen molar-refractivity contribution >= 4 is 35.7 Å². The van der Waals surface area contributed by atoms with Crippen LogP contribution in [-0.4, -0.2) is 58.7 Å². The first-order chi connectivity index (χ1) is 3.72. The van der Waals surface area contributed by atoms with Gasteiger partial charge in [-0.05, 0) is 13.8 Å². The molecular weight excluding hydrogens is 129 g/mol. The molecule has 49 valence electrons. The van der Waals surface area contributed by atoms with Gasteiger partial charge in [-0.2, -0.15) is 0 Å². The summed E-state index contributed by atoms with van der Waals surface area (Å²) in [5.41, 5.74) is 0. The largest absolute Gasteiger partial charge is 0.465 e. The topological polar surface area (TPSA) is 40.5 Å². The van der Waals surface area contributed by atoms with Gasteiger partial charge in [-0.3, -0.25) is 0 Å². The van der Waals surface area contributed by atoms with Gasteiger partial charge in [-0.15, -0.1) is 0 Å². The van der Waals surface area contributed by atoms with Crippen molar-refractivity contribution in [2.45, 2.75) is 13.8 Å². The maximum absolute atomic E-state index is 10.1. The Hall–Kier alpha value is 0.270. The van der Waals surface area contributed by atoms with E-state index in [0.717, 1.165) is 0 Å². The molecule has 1 radical (unpaired) electrons. The fourth-order valence-corrected chi connectivity index (χ4v) is 0.494. The Morgan fingerprint density at radius 1 is 1.44 bits per heavy atom. The van der Waals surface area contributed by atoms with Crippen molar-refractivity contribution in [3.8, 4) is 0 Å². The van der Waals surface area contributed by atoms with E-state index >= 15 is 0 Å². The van der Waals surface area contributed by atoms with Gasteiger partial charge < -0.3 is 10.0 Å². The summed E-state index contributed by atoms with van der Waals surface area (Å²) >= 11 is 0. The van der Waals surface area contributed by atoms with Gasteiger partial charge in [0.25, 0.3) is 0 Å². The van der Waals surface area contributed by atoms with E-state index in [4.69, 9.17) is 5.11 Å². The first kappa shape index (κ1) is 12.0. The van der Waals surface area contributed by atoms with Crippen molar-refractivity contribution in [2.75, 3.05) is 13.1 Å². The summed E-state index contributed by atoms with van der Waals surface area (Å²) in [4.78, 5) is 11.4. The molecule has 0 unspecified atom stereocenters. The molecule has 4 heteroatoms. The van der Waals surface area contributed by atoms with Crippen LogP contribution in [0.15, 0.2) is 0 Å². The van der Waals surface area contributed by atoms with Crippen LogP contribution in [-0.2, 0) is 0 Å². The third-order valence-electron chi connectivity index (χ3n) is 1.03. The number of hydrogen-bond acceptors (Lipinski definition) is 1. The Morgan fingerprint density at radius 3 is 1.78 bits per heavy atom. The number of amides is 1. The van der Waals surface area contributed by atoms with E-state index < -0.39 is 6.09 Å². The Morgan fingerprint density at radius 2 is 1.78 bits per heavy atom. The Bertz CT molecular complexity index is 83.0. The van der Waals surface area contributed by atoms with Crippen molar-refractivity contribution in [3.63, 3.8) is 0 Å². The maximum atomic E-state index is 10.1. The van der Waals surface area contributed by atoms with E-state index in [1.165, 1.54) is 4.90 Å². The van der Waals surface area contributed by atoms with Crippen molar-refractivity contribution in [2.24, 2.45) is 0 Å². The Labute approximate surface area is 77.3 Å². The number of nitrogens with zero attached hydrogens (tertiary/aromatic N) is 1. The average molecular weight is 140 g/mol. The first-order valence-electron chi connectivity index (χ1n) is 2.70. The van der Waals surface area contributed by atoms with E-state index in [0.29, 0.717) is 13.1 Å². The standard InChI is InChI=1S/C5H11NO2.Na/c1-3-6(4-2)5(7)8;/h3-4H2,1-2H3,(H,7,8);. The van der Waals surface area contributed by atoms with Gasteiger partial charge in [-0.25, -0.2) is 4.79 Å². The monoisotopic (exact) mass is 140 g/mol. The predicted molar refractivity (Wildman–Crippen MR) is 36.7 cm³/mol. The van der Waals surface area contributed by atoms with Crippen LogP contribution in [0.5, 0.6) is 0 Å². The normalized spacial score (nSPS) is 7.78. The molecule has 0 aliphatic rings. The molecule has 0 rings (SSSR count). The summed E-state index contributed by atoms with van der Waals surface area (Å²) in [6.07, 6.45) is -0.838. The van der Waals surface area contributed by atoms with Crippen LogP contribution in [0.1, 0.15) is 13.8 Å². The van der Waals surface area contributed by atoms with Crippen molar-refractivity contribution in [3.05, 3.63) is 0 Å². The van der Waals surface area contributed by atoms with Crippen LogP contribution in [0.3, 0.4) is 0 Å². The minimum absolute atomic E-state index is 0. The van der Waals surface area contributed by atoms with Crippen LogP contribution < -0.4 is 0 Å². The Kier molecular flexibility index (Phi) is 8.52. The zero-order valence-corrected chi connectivity index (χ0v) is 8.22. The molecule has 0 aromatic carbocycles.